The molecule has 0 aliphatic rings. The molecule has 6 nitrogen and oxygen atoms in total. The molecule has 0 bridgehead atoms. The Morgan fingerprint density at radius 2 is 1.47 bits per heavy atom. The number of hydrogen-bond donors (Lipinski definition) is 3. The van der Waals surface area contributed by atoms with E-state index < -0.39 is 24.7 Å². The fraction of sp³-hybridized carbons (Fsp3) is 0.692. The molecule has 32 heavy (non-hydrogen) atoms. The highest BCUT2D eigenvalue weighted by molar-refractivity contribution is 5.84. The lowest BCUT2D eigenvalue weighted by atomic mass is 10.0. The normalized spacial score (nSPS) is 12.8. The van der Waals surface area contributed by atoms with Gasteiger partial charge < -0.3 is 20.3 Å². The van der Waals surface area contributed by atoms with Crippen molar-refractivity contribution in [2.75, 3.05) is 13.2 Å². The third kappa shape index (κ3) is 14.2. The number of esters is 1. The van der Waals surface area contributed by atoms with Crippen molar-refractivity contribution in [3.8, 4) is 0 Å². The molecule has 0 radical (unpaired) electrons. The van der Waals surface area contributed by atoms with Crippen LogP contribution in [0.1, 0.15) is 89.5 Å². The van der Waals surface area contributed by atoms with E-state index in [4.69, 9.17) is 9.84 Å². The number of hydrogen-bond acceptors (Lipinski definition) is 5. The van der Waals surface area contributed by atoms with Gasteiger partial charge in [-0.05, 0) is 12.0 Å². The summed E-state index contributed by atoms with van der Waals surface area (Å²) in [5.41, 5.74) is 0.909. The molecule has 3 N–H and O–H groups in total. The highest BCUT2D eigenvalue weighted by Crippen LogP contribution is 2.12. The standard InChI is InChI=1S/C26H43NO5/c1-2-3-4-5-6-7-8-9-10-11-15-18-25(30)27-24(19-22-16-13-12-14-17-22)26(31)32-21-23(29)20-28/h12-14,16-17,23-24,28-29H,2-11,15,18-21H2,1H3,(H,27,30)/t23?,24-/m0/s1. The average Bonchev–Trinajstić information content (AvgIpc) is 2.81. The predicted octanol–water partition coefficient (Wildman–Crippen LogP) is 4.31. The molecule has 0 heterocycles. The van der Waals surface area contributed by atoms with Crippen LogP contribution >= 0.6 is 0 Å². The van der Waals surface area contributed by atoms with Crippen LogP contribution in [-0.2, 0) is 20.7 Å². The first-order valence-corrected chi connectivity index (χ1v) is 12.4. The van der Waals surface area contributed by atoms with Crippen molar-refractivity contribution < 1.29 is 24.5 Å². The Morgan fingerprint density at radius 3 is 2.03 bits per heavy atom. The first-order valence-electron chi connectivity index (χ1n) is 12.4. The molecule has 0 spiro atoms. The van der Waals surface area contributed by atoms with E-state index in [-0.39, 0.29) is 12.5 Å². The zero-order valence-corrected chi connectivity index (χ0v) is 19.8. The Kier molecular flexibility index (Phi) is 16.4. The van der Waals surface area contributed by atoms with Crippen LogP contribution in [0, 0.1) is 0 Å². The van der Waals surface area contributed by atoms with Gasteiger partial charge in [0.05, 0.1) is 6.61 Å². The monoisotopic (exact) mass is 449 g/mol. The van der Waals surface area contributed by atoms with Crippen molar-refractivity contribution in [2.24, 2.45) is 0 Å². The number of nitrogens with one attached hydrogen (secondary N) is 1. The van der Waals surface area contributed by atoms with E-state index in [9.17, 15) is 14.7 Å². The Hall–Kier alpha value is -1.92. The van der Waals surface area contributed by atoms with Gasteiger partial charge in [-0.2, -0.15) is 0 Å². The van der Waals surface area contributed by atoms with E-state index >= 15 is 0 Å². The number of ether oxygens (including phenoxy) is 1. The predicted molar refractivity (Wildman–Crippen MR) is 127 cm³/mol. The van der Waals surface area contributed by atoms with Crippen LogP contribution in [0.25, 0.3) is 0 Å². The van der Waals surface area contributed by atoms with Crippen LogP contribution in [0.15, 0.2) is 30.3 Å². The molecule has 0 saturated heterocycles. The molecule has 0 aromatic heterocycles. The number of rotatable bonds is 19. The fourth-order valence-corrected chi connectivity index (χ4v) is 3.59. The number of unbranched alkanes of at least 4 members (excludes halogenated alkanes) is 10. The molecule has 0 fully saturated rings. The second-order valence-corrected chi connectivity index (χ2v) is 8.56. The van der Waals surface area contributed by atoms with Gasteiger partial charge in [0.1, 0.15) is 18.8 Å². The van der Waals surface area contributed by atoms with Crippen LogP contribution in [0.3, 0.4) is 0 Å². The topological polar surface area (TPSA) is 95.9 Å². The lowest BCUT2D eigenvalue weighted by Gasteiger charge is -2.19. The highest BCUT2D eigenvalue weighted by atomic mass is 16.5. The molecule has 0 aliphatic heterocycles. The third-order valence-electron chi connectivity index (χ3n) is 5.54. The van der Waals surface area contributed by atoms with Gasteiger partial charge in [0.2, 0.25) is 5.91 Å². The maximum atomic E-state index is 12.4. The second kappa shape index (κ2) is 18.6. The van der Waals surface area contributed by atoms with Crippen molar-refractivity contribution in [3.63, 3.8) is 0 Å². The largest absolute Gasteiger partial charge is 0.461 e. The quantitative estimate of drug-likeness (QED) is 0.216. The number of amides is 1. The van der Waals surface area contributed by atoms with Crippen LogP contribution in [0.2, 0.25) is 0 Å². The van der Waals surface area contributed by atoms with E-state index in [1.54, 1.807) is 0 Å². The van der Waals surface area contributed by atoms with Crippen LogP contribution in [0.5, 0.6) is 0 Å². The minimum atomic E-state index is -1.12. The maximum Gasteiger partial charge on any atom is 0.329 e. The summed E-state index contributed by atoms with van der Waals surface area (Å²) < 4.78 is 5.08. The summed E-state index contributed by atoms with van der Waals surface area (Å²) >= 11 is 0. The van der Waals surface area contributed by atoms with E-state index in [0.717, 1.165) is 24.8 Å². The van der Waals surface area contributed by atoms with Gasteiger partial charge in [-0.15, -0.1) is 0 Å². The molecule has 2 atom stereocenters. The summed E-state index contributed by atoms with van der Waals surface area (Å²) in [6, 6.07) is 8.60. The number of benzene rings is 1. The zero-order chi connectivity index (χ0) is 23.4. The average molecular weight is 450 g/mol. The van der Waals surface area contributed by atoms with Crippen molar-refractivity contribution in [1.82, 2.24) is 5.32 Å². The van der Waals surface area contributed by atoms with E-state index in [1.807, 2.05) is 30.3 Å². The van der Waals surface area contributed by atoms with Crippen molar-refractivity contribution in [2.45, 2.75) is 103 Å². The molecular formula is C26H43NO5. The third-order valence-corrected chi connectivity index (χ3v) is 5.54. The highest BCUT2D eigenvalue weighted by Gasteiger charge is 2.23. The van der Waals surface area contributed by atoms with Crippen LogP contribution < -0.4 is 5.32 Å². The molecule has 0 aliphatic carbocycles. The molecule has 1 rings (SSSR count). The summed E-state index contributed by atoms with van der Waals surface area (Å²) in [6.45, 7) is 1.46. The van der Waals surface area contributed by atoms with Gasteiger partial charge in [-0.25, -0.2) is 4.79 Å². The lowest BCUT2D eigenvalue weighted by molar-refractivity contribution is -0.151. The Morgan fingerprint density at radius 1 is 0.906 bits per heavy atom. The van der Waals surface area contributed by atoms with Gasteiger partial charge in [-0.3, -0.25) is 4.79 Å². The van der Waals surface area contributed by atoms with Gasteiger partial charge in [0, 0.05) is 12.8 Å². The zero-order valence-electron chi connectivity index (χ0n) is 19.8. The van der Waals surface area contributed by atoms with Gasteiger partial charge in [0.15, 0.2) is 0 Å². The number of aliphatic hydroxyl groups is 2. The Bertz CT molecular complexity index is 607. The smallest absolute Gasteiger partial charge is 0.329 e. The summed E-state index contributed by atoms with van der Waals surface area (Å²) in [5, 5.41) is 21.1. The molecule has 0 saturated carbocycles. The van der Waals surface area contributed by atoms with Crippen molar-refractivity contribution in [1.29, 1.82) is 0 Å². The van der Waals surface area contributed by atoms with Crippen molar-refractivity contribution >= 4 is 11.9 Å². The van der Waals surface area contributed by atoms with Crippen LogP contribution in [-0.4, -0.2) is 47.4 Å². The minimum absolute atomic E-state index is 0.165. The SMILES string of the molecule is CCCCCCCCCCCCCC(=O)N[C@@H](Cc1ccccc1)C(=O)OCC(O)CO. The van der Waals surface area contributed by atoms with E-state index in [0.29, 0.717) is 12.8 Å². The second-order valence-electron chi connectivity index (χ2n) is 8.56. The van der Waals surface area contributed by atoms with Gasteiger partial charge in [-0.1, -0.05) is 101 Å². The maximum absolute atomic E-state index is 12.4. The molecule has 6 heteroatoms. The summed E-state index contributed by atoms with van der Waals surface area (Å²) in [6.07, 6.45) is 13.0. The lowest BCUT2D eigenvalue weighted by Crippen LogP contribution is -2.44. The summed E-state index contributed by atoms with van der Waals surface area (Å²) in [4.78, 5) is 24.8. The van der Waals surface area contributed by atoms with E-state index in [2.05, 4.69) is 12.2 Å². The Labute approximate surface area is 193 Å². The molecule has 182 valence electrons. The van der Waals surface area contributed by atoms with Gasteiger partial charge >= 0.3 is 5.97 Å². The molecule has 1 aromatic rings. The molecular weight excluding hydrogens is 406 g/mol. The number of carbonyl (C=O) groups is 2. The van der Waals surface area contributed by atoms with E-state index in [1.165, 1.54) is 51.4 Å². The molecule has 1 unspecified atom stereocenters. The molecule has 1 amide bonds. The first-order chi connectivity index (χ1) is 15.6. The van der Waals surface area contributed by atoms with Gasteiger partial charge in [0.25, 0.3) is 0 Å². The minimum Gasteiger partial charge on any atom is -0.461 e. The Balaban J connectivity index is 2.29. The first kappa shape index (κ1) is 28.1. The van der Waals surface area contributed by atoms with Crippen LogP contribution in [0.4, 0.5) is 0 Å². The number of aliphatic hydroxyl groups excluding tert-OH is 2. The fourth-order valence-electron chi connectivity index (χ4n) is 3.59. The molecule has 1 aromatic carbocycles. The summed E-state index contributed by atoms with van der Waals surface area (Å²) in [7, 11) is 0. The van der Waals surface area contributed by atoms with Crippen molar-refractivity contribution in [3.05, 3.63) is 35.9 Å². The summed E-state index contributed by atoms with van der Waals surface area (Å²) in [5.74, 6) is -0.768. The number of carbonyl (C=O) groups excluding carboxylic acids is 2.